The first-order chi connectivity index (χ1) is 31.5. The van der Waals surface area contributed by atoms with Crippen LogP contribution in [0, 0.1) is 0 Å². The molecule has 0 saturated heterocycles. The van der Waals surface area contributed by atoms with Gasteiger partial charge in [0.05, 0.1) is 0 Å². The maximum absolute atomic E-state index is 12.6. The van der Waals surface area contributed by atoms with Crippen LogP contribution < -0.4 is 9.47 Å². The number of benzene rings is 6. The fourth-order valence-electron chi connectivity index (χ4n) is 7.30. The molecule has 0 aliphatic carbocycles. The topological polar surface area (TPSA) is 127 Å². The quantitative estimate of drug-likeness (QED) is 0.0959. The van der Waals surface area contributed by atoms with Crippen LogP contribution in [0.4, 0.5) is 26.3 Å². The Bertz CT molecular complexity index is 3070. The molecule has 3 aromatic heterocycles. The van der Waals surface area contributed by atoms with E-state index in [-0.39, 0.29) is 22.5 Å². The summed E-state index contributed by atoms with van der Waals surface area (Å²) in [6, 6.07) is 41.0. The van der Waals surface area contributed by atoms with Crippen LogP contribution in [0.1, 0.15) is 11.1 Å². The Morgan fingerprint density at radius 2 is 0.692 bits per heavy atom. The molecule has 5 heterocycles. The third-order valence-corrected chi connectivity index (χ3v) is 11.0. The minimum Gasteiger partial charge on any atom is -0.324 e. The zero-order valence-electron chi connectivity index (χ0n) is 33.3. The molecule has 0 spiro atoms. The van der Waals surface area contributed by atoms with Crippen LogP contribution in [0.15, 0.2) is 146 Å². The van der Waals surface area contributed by atoms with Crippen molar-refractivity contribution < 1.29 is 50.8 Å². The molecule has 2 aliphatic rings. The van der Waals surface area contributed by atoms with Gasteiger partial charge in [0.15, 0.2) is 23.3 Å². The van der Waals surface area contributed by atoms with Gasteiger partial charge in [-0.3, -0.25) is 0 Å². The molecule has 0 fully saturated rings. The summed E-state index contributed by atoms with van der Waals surface area (Å²) in [5.74, 6) is 2.47. The molecule has 17 heteroatoms. The van der Waals surface area contributed by atoms with Crippen molar-refractivity contribution in [1.82, 2.24) is 39.9 Å². The van der Waals surface area contributed by atoms with E-state index in [1.54, 1.807) is 0 Å². The van der Waals surface area contributed by atoms with Crippen molar-refractivity contribution in [2.75, 3.05) is 11.0 Å². The van der Waals surface area contributed by atoms with Gasteiger partial charge < -0.3 is 9.97 Å². The van der Waals surface area contributed by atoms with Gasteiger partial charge in [0.1, 0.15) is 22.6 Å². The van der Waals surface area contributed by atoms with E-state index in [9.17, 15) is 26.3 Å². The van der Waals surface area contributed by atoms with Crippen LogP contribution in [0.3, 0.4) is 0 Å². The van der Waals surface area contributed by atoms with Crippen molar-refractivity contribution in [2.45, 2.75) is 12.4 Å². The van der Waals surface area contributed by atoms with E-state index in [0.29, 0.717) is 45.9 Å². The van der Waals surface area contributed by atoms with E-state index in [1.807, 2.05) is 97.1 Å². The van der Waals surface area contributed by atoms with Gasteiger partial charge >= 0.3 is 145 Å². The maximum Gasteiger partial charge on any atom is 0.164 e. The van der Waals surface area contributed by atoms with E-state index in [4.69, 9.17) is 39.4 Å². The normalized spacial score (nSPS) is 12.1. The number of fused-ring (bicyclic) bond motifs is 20. The average Bonchev–Trinajstić information content (AvgIpc) is 4.05. The number of alkyl halides is 6. The Balaban J connectivity index is 0.000000173. The fraction of sp³-hybridized carbons (Fsp3) is 0.0833. The first kappa shape index (κ1) is 41.4. The van der Waals surface area contributed by atoms with Crippen LogP contribution in [0.2, 0.25) is 0 Å². The number of aromatic amines is 2. The maximum atomic E-state index is 12.6. The molecule has 8 bridgehead atoms. The van der Waals surface area contributed by atoms with Crippen molar-refractivity contribution in [3.63, 3.8) is 0 Å². The van der Waals surface area contributed by atoms with Gasteiger partial charge in [0.2, 0.25) is 0 Å². The van der Waals surface area contributed by atoms with Crippen molar-refractivity contribution in [2.24, 2.45) is 0 Å². The summed E-state index contributed by atoms with van der Waals surface area (Å²) in [7, 11) is 0. The molecule has 65 heavy (non-hydrogen) atoms. The molecule has 11 rings (SSSR count). The van der Waals surface area contributed by atoms with Crippen LogP contribution >= 0.6 is 0 Å². The summed E-state index contributed by atoms with van der Waals surface area (Å²) >= 11 is 1.16. The predicted molar refractivity (Wildman–Crippen MR) is 230 cm³/mol. The molecule has 9 aromatic rings. The molecular formula is C48H30CuF6N8O2. The second-order valence-electron chi connectivity index (χ2n) is 14.5. The second kappa shape index (κ2) is 16.8. The van der Waals surface area contributed by atoms with E-state index < -0.39 is 23.5 Å². The number of H-pyrrole nitrogens is 2. The zero-order valence-corrected chi connectivity index (χ0v) is 34.3. The Kier molecular flexibility index (Phi) is 10.7. The molecule has 0 radical (unpaired) electrons. The third-order valence-electron chi connectivity index (χ3n) is 10.3. The summed E-state index contributed by atoms with van der Waals surface area (Å²) in [4.78, 5) is 36.8. The van der Waals surface area contributed by atoms with Crippen LogP contribution in [0.5, 0.6) is 11.5 Å². The smallest absolute Gasteiger partial charge is 0.164 e. The molecule has 0 amide bonds. The summed E-state index contributed by atoms with van der Waals surface area (Å²) < 4.78 is 85.6. The van der Waals surface area contributed by atoms with E-state index in [0.717, 1.165) is 83.0 Å². The predicted octanol–water partition coefficient (Wildman–Crippen LogP) is 12.0. The summed E-state index contributed by atoms with van der Waals surface area (Å²) in [5, 5.41) is 3.82. The fourth-order valence-corrected chi connectivity index (χ4v) is 7.89. The number of aromatic nitrogens is 8. The van der Waals surface area contributed by atoms with Crippen LogP contribution in [0.25, 0.3) is 89.7 Å². The Morgan fingerprint density at radius 1 is 0.385 bits per heavy atom. The minimum atomic E-state index is -4.46. The average molecular weight is 928 g/mol. The van der Waals surface area contributed by atoms with Crippen LogP contribution in [-0.2, 0) is 27.3 Å². The number of ether oxygens (including phenoxy) is 2. The first-order valence-corrected chi connectivity index (χ1v) is 21.0. The van der Waals surface area contributed by atoms with Crippen molar-refractivity contribution in [1.29, 1.82) is 0 Å². The number of hydrogen-bond donors (Lipinski definition) is 2. The molecular weight excluding hydrogens is 898 g/mol. The van der Waals surface area contributed by atoms with Gasteiger partial charge in [0.25, 0.3) is 0 Å². The van der Waals surface area contributed by atoms with Gasteiger partial charge in [-0.15, -0.1) is 0 Å². The molecule has 2 aliphatic heterocycles. The molecule has 10 nitrogen and oxygen atoms in total. The number of halogens is 6. The number of nitrogens with zero attached hydrogens (tertiary/aromatic N) is 6. The van der Waals surface area contributed by atoms with E-state index in [1.165, 1.54) is 24.3 Å². The number of nitrogens with one attached hydrogen (secondary N) is 2. The van der Waals surface area contributed by atoms with Gasteiger partial charge in [-0.2, -0.15) is 0 Å². The summed E-state index contributed by atoms with van der Waals surface area (Å²) in [6.07, 6.45) is -8.92. The standard InChI is InChI=1S/C32H18N8.2C8H6F3O.Cu/c1-2-10-18-17(9-1)25-33-26(18)38-28-21-13-5-6-14-22(21)30(35-28)40-32-24-16-8-7-15-23(24)31(36-32)39-29-20-12-4-3-11-19(20)27(34-29)37-25;2*1-12-7-4-2-3-6(5-7)8(9,10)11;/h1-16H,(H2,33,34,35,36,37,38,39,40);2*2-5H,1H2;. The van der Waals surface area contributed by atoms with E-state index in [2.05, 4.69) is 9.97 Å². The Labute approximate surface area is 370 Å². The molecule has 6 aromatic carbocycles. The third kappa shape index (κ3) is 8.46. The van der Waals surface area contributed by atoms with Crippen molar-refractivity contribution in [3.05, 3.63) is 157 Å². The molecule has 2 N–H and O–H groups in total. The Hall–Kier alpha value is -7.62. The van der Waals surface area contributed by atoms with Crippen molar-refractivity contribution >= 4 is 44.1 Å². The molecule has 327 valence electrons. The van der Waals surface area contributed by atoms with Gasteiger partial charge in [-0.25, -0.2) is 29.9 Å². The number of rotatable bonds is 6. The van der Waals surface area contributed by atoms with Gasteiger partial charge in [0, 0.05) is 43.8 Å². The number of hydrogen-bond acceptors (Lipinski definition) is 8. The molecule has 0 saturated carbocycles. The largest absolute Gasteiger partial charge is 0.324 e. The SMILES string of the molecule is FC(F)(F)c1cccc(O[CH2][Cu][CH2]Oc2cccc(C(F)(F)F)c2)c1.c1ccc2c(c1)-c1nc-2nc2[nH]c(nc3nc(nc4[nH]c(n1)c1ccccc41)-c1ccccc1-3)c1ccccc21. The van der Waals surface area contributed by atoms with Crippen molar-refractivity contribution in [3.8, 4) is 57.1 Å². The van der Waals surface area contributed by atoms with E-state index >= 15 is 0 Å². The molecule has 0 atom stereocenters. The summed E-state index contributed by atoms with van der Waals surface area (Å²) in [5.41, 5.74) is 4.75. The van der Waals surface area contributed by atoms with Gasteiger partial charge in [-0.05, 0) is 0 Å². The minimum absolute atomic E-state index is 0.0240. The van der Waals surface area contributed by atoms with Crippen LogP contribution in [-0.4, -0.2) is 50.9 Å². The van der Waals surface area contributed by atoms with Gasteiger partial charge in [-0.1, -0.05) is 97.1 Å². The first-order valence-electron chi connectivity index (χ1n) is 19.7. The Morgan fingerprint density at radius 3 is 1.00 bits per heavy atom. The monoisotopic (exact) mass is 927 g/mol. The summed E-state index contributed by atoms with van der Waals surface area (Å²) in [6.45, 7) is 0. The zero-order chi connectivity index (χ0) is 44.7. The second-order valence-corrected chi connectivity index (χ2v) is 15.5. The molecule has 0 unspecified atom stereocenters.